The number of hydrogen-bond acceptors (Lipinski definition) is 5. The maximum absolute atomic E-state index is 12.3. The number of aromatic nitrogens is 1. The summed E-state index contributed by atoms with van der Waals surface area (Å²) in [5, 5.41) is 12.6. The van der Waals surface area contributed by atoms with Crippen molar-refractivity contribution >= 4 is 32.3 Å². The zero-order valence-electron chi connectivity index (χ0n) is 16.9. The Kier molecular flexibility index (Phi) is 6.91. The zero-order valence-corrected chi connectivity index (χ0v) is 17.7. The minimum atomic E-state index is -3.17. The molecule has 7 nitrogen and oxygen atoms in total. The highest BCUT2D eigenvalue weighted by molar-refractivity contribution is 7.90. The van der Waals surface area contributed by atoms with Gasteiger partial charge in [-0.05, 0) is 42.0 Å². The molecule has 1 atom stereocenters. The van der Waals surface area contributed by atoms with E-state index in [-0.39, 0.29) is 18.8 Å². The van der Waals surface area contributed by atoms with E-state index in [1.165, 1.54) is 5.56 Å². The van der Waals surface area contributed by atoms with E-state index in [9.17, 15) is 13.2 Å². The molecule has 1 heterocycles. The van der Waals surface area contributed by atoms with Crippen molar-refractivity contribution in [3.63, 3.8) is 0 Å². The number of nitrogens with one attached hydrogen (secondary N) is 2. The van der Waals surface area contributed by atoms with Gasteiger partial charge >= 0.3 is 0 Å². The lowest BCUT2D eigenvalue weighted by atomic mass is 10.0. The van der Waals surface area contributed by atoms with Crippen LogP contribution in [0.4, 0.5) is 5.69 Å². The maximum atomic E-state index is 12.3. The summed E-state index contributed by atoms with van der Waals surface area (Å²) in [6, 6.07) is 13.3. The van der Waals surface area contributed by atoms with Gasteiger partial charge in [0.15, 0.2) is 0 Å². The molecular formula is C22H27N3O4S. The van der Waals surface area contributed by atoms with Crippen LogP contribution in [0, 0.1) is 0 Å². The first-order valence-corrected chi connectivity index (χ1v) is 11.9. The third-order valence-corrected chi connectivity index (χ3v) is 5.96. The molecule has 0 aliphatic heterocycles. The van der Waals surface area contributed by atoms with Crippen molar-refractivity contribution in [2.45, 2.75) is 25.3 Å². The van der Waals surface area contributed by atoms with Crippen LogP contribution in [-0.2, 0) is 21.1 Å². The highest BCUT2D eigenvalue weighted by Crippen LogP contribution is 2.29. The molecule has 0 bridgehead atoms. The molecule has 1 amide bonds. The van der Waals surface area contributed by atoms with Crippen LogP contribution in [0.3, 0.4) is 0 Å². The predicted octanol–water partition coefficient (Wildman–Crippen LogP) is 2.46. The normalized spacial score (nSPS) is 12.8. The number of sulfone groups is 1. The lowest BCUT2D eigenvalue weighted by molar-refractivity contribution is -0.117. The van der Waals surface area contributed by atoms with Crippen LogP contribution >= 0.6 is 0 Å². The fourth-order valence-electron chi connectivity index (χ4n) is 3.25. The van der Waals surface area contributed by atoms with Crippen LogP contribution in [0.1, 0.15) is 18.4 Å². The predicted molar refractivity (Wildman–Crippen MR) is 120 cm³/mol. The molecule has 0 fully saturated rings. The molecule has 0 spiro atoms. The number of anilines is 1. The zero-order chi connectivity index (χ0) is 21.7. The molecule has 3 rings (SSSR count). The van der Waals surface area contributed by atoms with Gasteiger partial charge in [0, 0.05) is 30.0 Å². The van der Waals surface area contributed by atoms with Crippen molar-refractivity contribution in [2.75, 3.05) is 23.9 Å². The first-order chi connectivity index (χ1) is 14.3. The van der Waals surface area contributed by atoms with Crippen molar-refractivity contribution in [2.24, 2.45) is 5.73 Å². The van der Waals surface area contributed by atoms with Crippen LogP contribution in [0.2, 0.25) is 0 Å². The van der Waals surface area contributed by atoms with Crippen molar-refractivity contribution in [3.05, 3.63) is 54.2 Å². The van der Waals surface area contributed by atoms with Gasteiger partial charge in [-0.15, -0.1) is 0 Å². The molecule has 0 aliphatic carbocycles. The van der Waals surface area contributed by atoms with Crippen molar-refractivity contribution in [1.82, 2.24) is 4.98 Å². The van der Waals surface area contributed by atoms with Gasteiger partial charge in [-0.3, -0.25) is 4.79 Å². The Morgan fingerprint density at radius 3 is 2.53 bits per heavy atom. The second-order valence-electron chi connectivity index (χ2n) is 7.50. The van der Waals surface area contributed by atoms with E-state index in [0.29, 0.717) is 5.69 Å². The maximum Gasteiger partial charge on any atom is 0.241 e. The molecule has 160 valence electrons. The summed E-state index contributed by atoms with van der Waals surface area (Å²) in [6.45, 7) is 0.187. The van der Waals surface area contributed by atoms with Crippen LogP contribution in [-0.4, -0.2) is 49.1 Å². The number of rotatable bonds is 9. The first-order valence-electron chi connectivity index (χ1n) is 9.82. The van der Waals surface area contributed by atoms with Crippen LogP contribution < -0.4 is 11.1 Å². The fourth-order valence-corrected chi connectivity index (χ4v) is 3.94. The number of amides is 1. The van der Waals surface area contributed by atoms with Crippen LogP contribution in [0.5, 0.6) is 0 Å². The smallest absolute Gasteiger partial charge is 0.241 e. The largest absolute Gasteiger partial charge is 0.396 e. The Balaban J connectivity index is 1.72. The summed E-state index contributed by atoms with van der Waals surface area (Å²) in [5.74, 6) is -0.542. The number of aryl methyl sites for hydroxylation is 1. The molecule has 8 heteroatoms. The van der Waals surface area contributed by atoms with Crippen LogP contribution in [0.15, 0.2) is 48.7 Å². The molecule has 0 radical (unpaired) electrons. The average molecular weight is 430 g/mol. The summed E-state index contributed by atoms with van der Waals surface area (Å²) in [5.41, 5.74) is 10.6. The molecule has 1 aromatic heterocycles. The van der Waals surface area contributed by atoms with Crippen molar-refractivity contribution in [1.29, 1.82) is 0 Å². The van der Waals surface area contributed by atoms with Gasteiger partial charge in [0.25, 0.3) is 0 Å². The number of nitrogens with two attached hydrogens (primary N) is 1. The lowest BCUT2D eigenvalue weighted by Crippen LogP contribution is -2.37. The monoisotopic (exact) mass is 429 g/mol. The number of carbonyl (C=O) groups is 1. The lowest BCUT2D eigenvalue weighted by Gasteiger charge is -2.11. The highest BCUT2D eigenvalue weighted by atomic mass is 32.2. The SMILES string of the molecule is CS(=O)(=O)CCC(N)C(=O)Nc1c[nH]c2cc(-c3ccc(CCCO)cc3)ccc12. The van der Waals surface area contributed by atoms with Crippen molar-refractivity contribution in [3.8, 4) is 11.1 Å². The Morgan fingerprint density at radius 1 is 1.17 bits per heavy atom. The topological polar surface area (TPSA) is 125 Å². The van der Waals surface area contributed by atoms with Gasteiger partial charge in [0.1, 0.15) is 9.84 Å². The number of carbonyl (C=O) groups excluding carboxylic acids is 1. The minimum absolute atomic E-state index is 0.0749. The Morgan fingerprint density at radius 2 is 1.87 bits per heavy atom. The molecule has 3 aromatic rings. The standard InChI is InChI=1S/C22H27N3O4S/c1-30(28,29)12-10-19(23)22(27)25-21-14-24-20-13-17(8-9-18(20)21)16-6-4-15(5-7-16)3-2-11-26/h4-9,13-14,19,24,26H,2-3,10-12,23H2,1H3,(H,25,27). The second kappa shape index (κ2) is 9.42. The molecular weight excluding hydrogens is 402 g/mol. The van der Waals surface area contributed by atoms with Crippen LogP contribution in [0.25, 0.3) is 22.0 Å². The number of hydrogen-bond donors (Lipinski definition) is 4. The summed E-state index contributed by atoms with van der Waals surface area (Å²) in [6.07, 6.45) is 4.50. The molecule has 5 N–H and O–H groups in total. The number of aliphatic hydroxyl groups is 1. The van der Waals surface area contributed by atoms with E-state index in [0.717, 1.165) is 41.1 Å². The van der Waals surface area contributed by atoms with E-state index >= 15 is 0 Å². The quantitative estimate of drug-likeness (QED) is 0.416. The van der Waals surface area contributed by atoms with Gasteiger partial charge in [-0.25, -0.2) is 8.42 Å². The number of benzene rings is 2. The fraction of sp³-hybridized carbons (Fsp3) is 0.318. The Bertz CT molecular complexity index is 1120. The van der Waals surface area contributed by atoms with E-state index < -0.39 is 21.8 Å². The van der Waals surface area contributed by atoms with E-state index in [4.69, 9.17) is 10.8 Å². The summed E-state index contributed by atoms with van der Waals surface area (Å²) >= 11 is 0. The first kappa shape index (κ1) is 22.0. The third-order valence-electron chi connectivity index (χ3n) is 4.99. The van der Waals surface area contributed by atoms with Gasteiger partial charge < -0.3 is 21.1 Å². The van der Waals surface area contributed by atoms with Crippen molar-refractivity contribution < 1.29 is 18.3 Å². The summed E-state index contributed by atoms with van der Waals surface area (Å²) in [4.78, 5) is 15.5. The molecule has 30 heavy (non-hydrogen) atoms. The molecule has 2 aromatic carbocycles. The molecule has 0 saturated carbocycles. The number of aliphatic hydroxyl groups excluding tert-OH is 1. The molecule has 0 aliphatic rings. The summed E-state index contributed by atoms with van der Waals surface area (Å²) in [7, 11) is -3.17. The molecule has 0 saturated heterocycles. The highest BCUT2D eigenvalue weighted by Gasteiger charge is 2.17. The van der Waals surface area contributed by atoms with Gasteiger partial charge in [-0.2, -0.15) is 0 Å². The van der Waals surface area contributed by atoms with E-state index in [1.54, 1.807) is 6.20 Å². The van der Waals surface area contributed by atoms with E-state index in [1.807, 2.05) is 18.2 Å². The minimum Gasteiger partial charge on any atom is -0.396 e. The second-order valence-corrected chi connectivity index (χ2v) is 9.76. The number of H-pyrrole nitrogens is 1. The summed E-state index contributed by atoms with van der Waals surface area (Å²) < 4.78 is 22.5. The molecule has 1 unspecified atom stereocenters. The average Bonchev–Trinajstić information content (AvgIpc) is 3.12. The van der Waals surface area contributed by atoms with Gasteiger partial charge in [0.05, 0.1) is 17.5 Å². The van der Waals surface area contributed by atoms with Gasteiger partial charge in [0.2, 0.25) is 5.91 Å². The Labute approximate surface area is 176 Å². The third kappa shape index (κ3) is 5.69. The van der Waals surface area contributed by atoms with Gasteiger partial charge in [-0.1, -0.05) is 36.4 Å². The Hall–Kier alpha value is -2.68. The van der Waals surface area contributed by atoms with E-state index in [2.05, 4.69) is 34.6 Å². The number of fused-ring (bicyclic) bond motifs is 1. The number of aromatic amines is 1.